The molecule has 1 amide bonds. The number of carbonyl (C=O) groups excluding carboxylic acids is 1. The molecule has 3 aliphatic rings. The van der Waals surface area contributed by atoms with E-state index in [0.717, 1.165) is 45.1 Å². The van der Waals surface area contributed by atoms with E-state index in [-0.39, 0.29) is 23.6 Å². The van der Waals surface area contributed by atoms with E-state index in [9.17, 15) is 17.6 Å². The minimum Gasteiger partial charge on any atom is -0.278 e. The Hall–Kier alpha value is -0.480. The predicted molar refractivity (Wildman–Crippen MR) is 102 cm³/mol. The molecule has 156 valence electrons. The summed E-state index contributed by atoms with van der Waals surface area (Å²) >= 11 is 6.16. The summed E-state index contributed by atoms with van der Waals surface area (Å²) in [5, 5.41) is -0.749. The standard InChI is InChI=1S/C17H30ClFN4O3S/c18-14-9-12(15-6-7-20-21-15)8-13(16(14)19)17(24)22-23-27(25,26)10-11-4-2-1-3-5-11/h11-16,20-21,23H,1-10H2,(H,22,24). The van der Waals surface area contributed by atoms with E-state index in [1.807, 2.05) is 0 Å². The molecule has 2 saturated carbocycles. The number of rotatable bonds is 6. The SMILES string of the molecule is O=C(NNS(=O)(=O)CC1CCCCC1)C1CC(C2CCNN2)CC(Cl)C1F. The Labute approximate surface area is 165 Å². The van der Waals surface area contributed by atoms with Crippen molar-refractivity contribution >= 4 is 27.5 Å². The number of halogens is 2. The first-order chi connectivity index (χ1) is 12.9. The van der Waals surface area contributed by atoms with Crippen LogP contribution in [0.15, 0.2) is 0 Å². The highest BCUT2D eigenvalue weighted by Gasteiger charge is 2.44. The lowest BCUT2D eigenvalue weighted by Crippen LogP contribution is -2.52. The first-order valence-electron chi connectivity index (χ1n) is 9.91. The summed E-state index contributed by atoms with van der Waals surface area (Å²) in [6.07, 6.45) is 5.27. The number of alkyl halides is 2. The van der Waals surface area contributed by atoms with Crippen LogP contribution in [0.2, 0.25) is 0 Å². The third-order valence-corrected chi connectivity index (χ3v) is 7.84. The van der Waals surface area contributed by atoms with E-state index >= 15 is 0 Å². The molecule has 0 aromatic carbocycles. The summed E-state index contributed by atoms with van der Waals surface area (Å²) in [6, 6.07) is 0.150. The van der Waals surface area contributed by atoms with Gasteiger partial charge in [-0.05, 0) is 43.9 Å². The highest BCUT2D eigenvalue weighted by Crippen LogP contribution is 2.37. The summed E-state index contributed by atoms with van der Waals surface area (Å²) in [5.41, 5.74) is 8.43. The highest BCUT2D eigenvalue weighted by atomic mass is 35.5. The van der Waals surface area contributed by atoms with Crippen LogP contribution in [0, 0.1) is 17.8 Å². The highest BCUT2D eigenvalue weighted by molar-refractivity contribution is 7.89. The third-order valence-electron chi connectivity index (χ3n) is 6.10. The molecule has 0 bridgehead atoms. The largest absolute Gasteiger partial charge is 0.278 e. The van der Waals surface area contributed by atoms with Crippen LogP contribution < -0.4 is 21.1 Å². The van der Waals surface area contributed by atoms with Gasteiger partial charge in [0.2, 0.25) is 15.9 Å². The van der Waals surface area contributed by atoms with Gasteiger partial charge in [-0.25, -0.2) is 12.8 Å². The van der Waals surface area contributed by atoms with Gasteiger partial charge in [0.25, 0.3) is 0 Å². The van der Waals surface area contributed by atoms with Gasteiger partial charge in [0.15, 0.2) is 0 Å². The minimum atomic E-state index is -3.63. The molecule has 0 spiro atoms. The molecule has 0 aromatic rings. The molecule has 1 aliphatic heterocycles. The van der Waals surface area contributed by atoms with Gasteiger partial charge in [-0.2, -0.15) is 0 Å². The van der Waals surface area contributed by atoms with Crippen molar-refractivity contribution in [1.82, 2.24) is 21.1 Å². The number of hydrogen-bond acceptors (Lipinski definition) is 5. The average molecular weight is 425 g/mol. The van der Waals surface area contributed by atoms with Gasteiger partial charge in [0.1, 0.15) is 6.17 Å². The number of carbonyl (C=O) groups is 1. The van der Waals surface area contributed by atoms with Crippen LogP contribution in [-0.4, -0.2) is 44.2 Å². The first kappa shape index (κ1) is 21.2. The number of hydrazine groups is 2. The van der Waals surface area contributed by atoms with E-state index in [0.29, 0.717) is 12.8 Å². The number of sulfonamides is 1. The van der Waals surface area contributed by atoms with Gasteiger partial charge in [0.05, 0.1) is 17.0 Å². The van der Waals surface area contributed by atoms with Gasteiger partial charge in [-0.15, -0.1) is 16.4 Å². The lowest BCUT2D eigenvalue weighted by atomic mass is 9.75. The lowest BCUT2D eigenvalue weighted by molar-refractivity contribution is -0.129. The molecule has 5 unspecified atom stereocenters. The Morgan fingerprint density at radius 1 is 1.15 bits per heavy atom. The van der Waals surface area contributed by atoms with Crippen molar-refractivity contribution in [2.75, 3.05) is 12.3 Å². The first-order valence-corrected chi connectivity index (χ1v) is 12.0. The molecule has 4 N–H and O–H groups in total. The van der Waals surface area contributed by atoms with E-state index in [4.69, 9.17) is 11.6 Å². The topological polar surface area (TPSA) is 99.3 Å². The van der Waals surface area contributed by atoms with E-state index in [1.54, 1.807) is 0 Å². The van der Waals surface area contributed by atoms with Crippen molar-refractivity contribution in [2.45, 2.75) is 69.0 Å². The molecule has 27 heavy (non-hydrogen) atoms. The van der Waals surface area contributed by atoms with E-state index in [1.165, 1.54) is 0 Å². The van der Waals surface area contributed by atoms with Crippen molar-refractivity contribution in [1.29, 1.82) is 0 Å². The van der Waals surface area contributed by atoms with Crippen LogP contribution in [0.4, 0.5) is 4.39 Å². The third kappa shape index (κ3) is 5.76. The van der Waals surface area contributed by atoms with Crippen molar-refractivity contribution in [3.05, 3.63) is 0 Å². The van der Waals surface area contributed by atoms with E-state index in [2.05, 4.69) is 21.1 Å². The zero-order chi connectivity index (χ0) is 19.4. The fourth-order valence-electron chi connectivity index (χ4n) is 4.59. The fourth-order valence-corrected chi connectivity index (χ4v) is 6.28. The maximum atomic E-state index is 14.5. The summed E-state index contributed by atoms with van der Waals surface area (Å²) in [7, 11) is -3.63. The molecule has 3 rings (SSSR count). The second-order valence-corrected chi connectivity index (χ2v) is 10.5. The summed E-state index contributed by atoms with van der Waals surface area (Å²) in [5.74, 6) is -1.41. The Morgan fingerprint density at radius 2 is 1.89 bits per heavy atom. The molecule has 5 atom stereocenters. The van der Waals surface area contributed by atoms with Crippen LogP contribution in [0.5, 0.6) is 0 Å². The van der Waals surface area contributed by atoms with Crippen LogP contribution >= 0.6 is 11.6 Å². The maximum absolute atomic E-state index is 14.5. The van der Waals surface area contributed by atoms with Gasteiger partial charge in [0, 0.05) is 12.6 Å². The zero-order valence-electron chi connectivity index (χ0n) is 15.4. The van der Waals surface area contributed by atoms with Gasteiger partial charge >= 0.3 is 0 Å². The lowest BCUT2D eigenvalue weighted by Gasteiger charge is -2.37. The molecule has 0 radical (unpaired) electrons. The normalized spacial score (nSPS) is 35.9. The summed E-state index contributed by atoms with van der Waals surface area (Å²) in [6.45, 7) is 0.824. The van der Waals surface area contributed by atoms with Crippen molar-refractivity contribution < 1.29 is 17.6 Å². The summed E-state index contributed by atoms with van der Waals surface area (Å²) < 4.78 is 39.0. The quantitative estimate of drug-likeness (QED) is 0.381. The van der Waals surface area contributed by atoms with Crippen LogP contribution in [0.25, 0.3) is 0 Å². The second-order valence-electron chi connectivity index (χ2n) is 8.14. The molecule has 1 heterocycles. The predicted octanol–water partition coefficient (Wildman–Crippen LogP) is 1.36. The van der Waals surface area contributed by atoms with E-state index < -0.39 is 33.4 Å². The number of hydrogen-bond donors (Lipinski definition) is 4. The fraction of sp³-hybridized carbons (Fsp3) is 0.941. The minimum absolute atomic E-state index is 0.00454. The monoisotopic (exact) mass is 424 g/mol. The molecule has 7 nitrogen and oxygen atoms in total. The second kappa shape index (κ2) is 9.35. The van der Waals surface area contributed by atoms with Crippen LogP contribution in [0.1, 0.15) is 51.4 Å². The summed E-state index contributed by atoms with van der Waals surface area (Å²) in [4.78, 5) is 14.6. The van der Waals surface area contributed by atoms with Crippen molar-refractivity contribution in [3.8, 4) is 0 Å². The van der Waals surface area contributed by atoms with Gasteiger partial charge in [-0.1, -0.05) is 19.3 Å². The van der Waals surface area contributed by atoms with Crippen LogP contribution in [-0.2, 0) is 14.8 Å². The Balaban J connectivity index is 1.53. The molecular weight excluding hydrogens is 395 g/mol. The smallest absolute Gasteiger partial charge is 0.241 e. The van der Waals surface area contributed by atoms with Crippen molar-refractivity contribution in [3.63, 3.8) is 0 Å². The van der Waals surface area contributed by atoms with Crippen LogP contribution in [0.3, 0.4) is 0 Å². The molecule has 2 aliphatic carbocycles. The zero-order valence-corrected chi connectivity index (χ0v) is 17.0. The molecular formula is C17H30ClFN4O3S. The molecule has 0 aromatic heterocycles. The molecule has 1 saturated heterocycles. The average Bonchev–Trinajstić information content (AvgIpc) is 3.17. The molecule has 10 heteroatoms. The maximum Gasteiger partial charge on any atom is 0.241 e. The van der Waals surface area contributed by atoms with Crippen molar-refractivity contribution in [2.24, 2.45) is 17.8 Å². The number of amides is 1. The number of nitrogens with one attached hydrogen (secondary N) is 4. The Bertz CT molecular complexity index is 611. The molecule has 3 fully saturated rings. The van der Waals surface area contributed by atoms with Gasteiger partial charge < -0.3 is 0 Å². The Morgan fingerprint density at radius 3 is 2.56 bits per heavy atom. The van der Waals surface area contributed by atoms with Gasteiger partial charge in [-0.3, -0.25) is 21.1 Å². The Kier molecular flexibility index (Phi) is 7.35.